The zero-order chi connectivity index (χ0) is 10.1. The highest BCUT2D eigenvalue weighted by molar-refractivity contribution is 9.10. The van der Waals surface area contributed by atoms with Crippen molar-refractivity contribution in [2.75, 3.05) is 6.61 Å². The maximum Gasteiger partial charge on any atom is 0.172 e. The van der Waals surface area contributed by atoms with Crippen molar-refractivity contribution in [3.8, 4) is 5.75 Å². The highest BCUT2D eigenvalue weighted by Gasteiger charge is 2.22. The minimum absolute atomic E-state index is 0.433. The van der Waals surface area contributed by atoms with E-state index >= 15 is 0 Å². The summed E-state index contributed by atoms with van der Waals surface area (Å²) < 4.78 is 6.36. The van der Waals surface area contributed by atoms with E-state index in [0.717, 1.165) is 22.7 Å². The number of ether oxygens (including phenoxy) is 1. The summed E-state index contributed by atoms with van der Waals surface area (Å²) in [5.41, 5.74) is 1.04. The van der Waals surface area contributed by atoms with Crippen molar-refractivity contribution in [2.45, 2.75) is 19.8 Å². The molecule has 0 saturated heterocycles. The molecule has 1 heterocycles. The van der Waals surface area contributed by atoms with Crippen molar-refractivity contribution in [3.05, 3.63) is 21.4 Å². The number of aryl methyl sites for hydroxylation is 1. The van der Waals surface area contributed by atoms with Crippen molar-refractivity contribution in [2.24, 2.45) is 5.92 Å². The first kappa shape index (κ1) is 10.2. The summed E-state index contributed by atoms with van der Waals surface area (Å²) >= 11 is 9.26. The summed E-state index contributed by atoms with van der Waals surface area (Å²) in [4.78, 5) is 4.13. The van der Waals surface area contributed by atoms with Crippen LogP contribution in [0.25, 0.3) is 0 Å². The normalized spacial score (nSPS) is 15.6. The zero-order valence-electron chi connectivity index (χ0n) is 7.89. The first-order chi connectivity index (χ1) is 6.66. The van der Waals surface area contributed by atoms with Gasteiger partial charge in [0.05, 0.1) is 6.61 Å². The van der Waals surface area contributed by atoms with Crippen LogP contribution in [0, 0.1) is 12.8 Å². The molecule has 1 fully saturated rings. The maximum atomic E-state index is 5.94. The smallest absolute Gasteiger partial charge is 0.172 e. The molecule has 0 N–H and O–H groups in total. The van der Waals surface area contributed by atoms with Crippen LogP contribution in [-0.2, 0) is 0 Å². The van der Waals surface area contributed by atoms with Crippen LogP contribution >= 0.6 is 27.5 Å². The lowest BCUT2D eigenvalue weighted by Gasteiger charge is -2.08. The van der Waals surface area contributed by atoms with Crippen molar-refractivity contribution < 1.29 is 4.74 Å². The molecule has 4 heteroatoms. The highest BCUT2D eigenvalue weighted by atomic mass is 79.9. The first-order valence-corrected chi connectivity index (χ1v) is 5.79. The van der Waals surface area contributed by atoms with E-state index in [-0.39, 0.29) is 0 Å². The fraction of sp³-hybridized carbons (Fsp3) is 0.500. The lowest BCUT2D eigenvalue weighted by molar-refractivity contribution is 0.298. The molecule has 1 aliphatic rings. The lowest BCUT2D eigenvalue weighted by atomic mass is 10.3. The van der Waals surface area contributed by atoms with Gasteiger partial charge in [0.2, 0.25) is 0 Å². The second kappa shape index (κ2) is 4.07. The van der Waals surface area contributed by atoms with E-state index in [9.17, 15) is 0 Å². The van der Waals surface area contributed by atoms with Gasteiger partial charge < -0.3 is 4.74 Å². The van der Waals surface area contributed by atoms with Crippen LogP contribution in [0.3, 0.4) is 0 Å². The molecule has 1 aromatic rings. The maximum absolute atomic E-state index is 5.94. The number of rotatable bonds is 3. The number of hydrogen-bond donors (Lipinski definition) is 0. The molecule has 2 rings (SSSR count). The molecular formula is C10H11BrClNO. The predicted octanol–water partition coefficient (Wildman–Crippen LogP) is 3.59. The van der Waals surface area contributed by atoms with Crippen LogP contribution in [0.1, 0.15) is 18.4 Å². The summed E-state index contributed by atoms with van der Waals surface area (Å²) in [5, 5.41) is 0.433. The molecule has 0 atom stereocenters. The molecule has 0 radical (unpaired) electrons. The van der Waals surface area contributed by atoms with Gasteiger partial charge in [0.15, 0.2) is 10.9 Å². The SMILES string of the molecule is Cc1cc(OCC2CC2)c(Cl)nc1Br. The molecule has 0 bridgehead atoms. The van der Waals surface area contributed by atoms with Crippen LogP contribution in [0.15, 0.2) is 10.7 Å². The lowest BCUT2D eigenvalue weighted by Crippen LogP contribution is -2.00. The van der Waals surface area contributed by atoms with E-state index < -0.39 is 0 Å². The molecule has 2 nitrogen and oxygen atoms in total. The molecule has 0 aliphatic heterocycles. The second-order valence-electron chi connectivity index (χ2n) is 3.64. The number of halogens is 2. The monoisotopic (exact) mass is 275 g/mol. The van der Waals surface area contributed by atoms with Gasteiger partial charge in [-0.3, -0.25) is 0 Å². The Kier molecular flexibility index (Phi) is 2.98. The second-order valence-corrected chi connectivity index (χ2v) is 4.75. The Morgan fingerprint density at radius 2 is 2.36 bits per heavy atom. The van der Waals surface area contributed by atoms with Crippen LogP contribution in [-0.4, -0.2) is 11.6 Å². The van der Waals surface area contributed by atoms with Crippen LogP contribution in [0.4, 0.5) is 0 Å². The van der Waals surface area contributed by atoms with Gasteiger partial charge in [-0.25, -0.2) is 4.98 Å². The molecule has 1 saturated carbocycles. The number of hydrogen-bond acceptors (Lipinski definition) is 2. The summed E-state index contributed by atoms with van der Waals surface area (Å²) in [6, 6.07) is 1.92. The van der Waals surface area contributed by atoms with E-state index in [1.165, 1.54) is 12.8 Å². The van der Waals surface area contributed by atoms with Crippen molar-refractivity contribution in [1.82, 2.24) is 4.98 Å². The largest absolute Gasteiger partial charge is 0.490 e. The van der Waals surface area contributed by atoms with Gasteiger partial charge in [-0.15, -0.1) is 0 Å². The molecule has 14 heavy (non-hydrogen) atoms. The standard InChI is InChI=1S/C10H11BrClNO/c1-6-4-8(10(12)13-9(6)11)14-5-7-2-3-7/h4,7H,2-3,5H2,1H3. The van der Waals surface area contributed by atoms with Gasteiger partial charge >= 0.3 is 0 Å². The minimum atomic E-state index is 0.433. The minimum Gasteiger partial charge on any atom is -0.490 e. The Labute approximate surface area is 96.8 Å². The summed E-state index contributed by atoms with van der Waals surface area (Å²) in [6.45, 7) is 2.74. The summed E-state index contributed by atoms with van der Waals surface area (Å²) in [7, 11) is 0. The molecule has 0 unspecified atom stereocenters. The third kappa shape index (κ3) is 2.39. The Morgan fingerprint density at radius 3 is 3.00 bits per heavy atom. The quantitative estimate of drug-likeness (QED) is 0.787. The van der Waals surface area contributed by atoms with E-state index in [1.807, 2.05) is 13.0 Å². The number of nitrogens with zero attached hydrogens (tertiary/aromatic N) is 1. The predicted molar refractivity (Wildman–Crippen MR) is 59.9 cm³/mol. The summed E-state index contributed by atoms with van der Waals surface area (Å²) in [5.74, 6) is 1.43. The third-order valence-electron chi connectivity index (χ3n) is 2.24. The van der Waals surface area contributed by atoms with Gasteiger partial charge in [-0.05, 0) is 53.2 Å². The summed E-state index contributed by atoms with van der Waals surface area (Å²) in [6.07, 6.45) is 2.56. The molecule has 1 aromatic heterocycles. The average molecular weight is 277 g/mol. The Hall–Kier alpha value is -0.280. The van der Waals surface area contributed by atoms with Gasteiger partial charge in [-0.1, -0.05) is 11.6 Å². The van der Waals surface area contributed by atoms with Crippen LogP contribution in [0.5, 0.6) is 5.75 Å². The molecular weight excluding hydrogens is 265 g/mol. The van der Waals surface area contributed by atoms with E-state index in [2.05, 4.69) is 20.9 Å². The van der Waals surface area contributed by atoms with Crippen LogP contribution < -0.4 is 4.74 Å². The van der Waals surface area contributed by atoms with E-state index in [0.29, 0.717) is 10.9 Å². The van der Waals surface area contributed by atoms with Crippen molar-refractivity contribution in [1.29, 1.82) is 0 Å². The Morgan fingerprint density at radius 1 is 1.64 bits per heavy atom. The topological polar surface area (TPSA) is 22.1 Å². The average Bonchev–Trinajstić information content (AvgIpc) is 2.92. The first-order valence-electron chi connectivity index (χ1n) is 4.62. The molecule has 0 amide bonds. The fourth-order valence-electron chi connectivity index (χ4n) is 1.14. The third-order valence-corrected chi connectivity index (χ3v) is 3.32. The zero-order valence-corrected chi connectivity index (χ0v) is 10.2. The number of pyridine rings is 1. The fourth-order valence-corrected chi connectivity index (χ4v) is 1.73. The van der Waals surface area contributed by atoms with Crippen molar-refractivity contribution in [3.63, 3.8) is 0 Å². The van der Waals surface area contributed by atoms with Crippen LogP contribution in [0.2, 0.25) is 5.15 Å². The Bertz CT molecular complexity index is 352. The van der Waals surface area contributed by atoms with Gasteiger partial charge in [0, 0.05) is 0 Å². The molecule has 0 aromatic carbocycles. The van der Waals surface area contributed by atoms with E-state index in [1.54, 1.807) is 0 Å². The molecule has 76 valence electrons. The molecule has 0 spiro atoms. The Balaban J connectivity index is 2.10. The van der Waals surface area contributed by atoms with E-state index in [4.69, 9.17) is 16.3 Å². The number of aromatic nitrogens is 1. The highest BCUT2D eigenvalue weighted by Crippen LogP contribution is 2.32. The van der Waals surface area contributed by atoms with Gasteiger partial charge in [-0.2, -0.15) is 0 Å². The van der Waals surface area contributed by atoms with Gasteiger partial charge in [0.25, 0.3) is 0 Å². The van der Waals surface area contributed by atoms with Crippen molar-refractivity contribution >= 4 is 27.5 Å². The van der Waals surface area contributed by atoms with Gasteiger partial charge in [0.1, 0.15) is 4.60 Å². The molecule has 1 aliphatic carbocycles.